The molecule has 0 aliphatic carbocycles. The molecule has 4 rings (SSSR count). The van der Waals surface area contributed by atoms with Crippen LogP contribution in [0.2, 0.25) is 0 Å². The van der Waals surface area contributed by atoms with Gasteiger partial charge in [0.05, 0.1) is 5.92 Å². The fraction of sp³-hybridized carbons (Fsp3) is 0.320. The number of carbonyl (C=O) groups excluding carboxylic acids is 1. The highest BCUT2D eigenvalue weighted by molar-refractivity contribution is 7.99. The van der Waals surface area contributed by atoms with E-state index in [1.54, 1.807) is 24.2 Å². The largest absolute Gasteiger partial charge is 0.354 e. The minimum absolute atomic E-state index is 0.0714. The van der Waals surface area contributed by atoms with Gasteiger partial charge in [-0.05, 0) is 49.9 Å². The summed E-state index contributed by atoms with van der Waals surface area (Å²) >= 11 is 1.62. The smallest absolute Gasteiger partial charge is 0.229 e. The third kappa shape index (κ3) is 5.25. The predicted octanol–water partition coefficient (Wildman–Crippen LogP) is 5.35. The van der Waals surface area contributed by atoms with Gasteiger partial charge in [-0.2, -0.15) is 0 Å². The maximum atomic E-state index is 13.0. The second-order valence-electron chi connectivity index (χ2n) is 7.89. The number of nitrogens with one attached hydrogen (secondary N) is 1. The number of hydrogen-bond donors (Lipinski definition) is 1. The van der Waals surface area contributed by atoms with E-state index in [-0.39, 0.29) is 11.8 Å². The Balaban J connectivity index is 1.48. The third-order valence-electron chi connectivity index (χ3n) is 5.63. The molecule has 1 saturated heterocycles. The van der Waals surface area contributed by atoms with Crippen LogP contribution in [-0.2, 0) is 11.2 Å². The normalized spacial score (nSPS) is 16.2. The van der Waals surface area contributed by atoms with Gasteiger partial charge in [-0.15, -0.1) is 0 Å². The first kappa shape index (κ1) is 21.4. The highest BCUT2D eigenvalue weighted by Gasteiger charge is 2.28. The van der Waals surface area contributed by atoms with E-state index in [1.807, 2.05) is 18.2 Å². The van der Waals surface area contributed by atoms with E-state index in [0.29, 0.717) is 6.54 Å². The van der Waals surface area contributed by atoms with Crippen molar-refractivity contribution in [2.45, 2.75) is 43.0 Å². The number of hydrogen-bond acceptors (Lipinski definition) is 5. The van der Waals surface area contributed by atoms with Crippen LogP contribution < -0.4 is 10.2 Å². The molecule has 1 unspecified atom stereocenters. The van der Waals surface area contributed by atoms with Crippen LogP contribution in [0, 0.1) is 12.8 Å². The van der Waals surface area contributed by atoms with Crippen molar-refractivity contribution in [1.82, 2.24) is 9.97 Å². The topological polar surface area (TPSA) is 58.1 Å². The Labute approximate surface area is 188 Å². The van der Waals surface area contributed by atoms with Crippen molar-refractivity contribution in [3.8, 4) is 0 Å². The Bertz CT molecular complexity index is 1040. The molecule has 3 aromatic rings. The SMILES string of the molecule is CCc1ccccc1NC(=O)C1CCCN(c2nccnc2Sc2ccc(C)cc2)C1. The summed E-state index contributed by atoms with van der Waals surface area (Å²) in [5, 5.41) is 4.03. The molecule has 0 bridgehead atoms. The van der Waals surface area contributed by atoms with E-state index >= 15 is 0 Å². The molecule has 6 heteroatoms. The van der Waals surface area contributed by atoms with Gasteiger partial charge >= 0.3 is 0 Å². The van der Waals surface area contributed by atoms with Gasteiger partial charge in [-0.3, -0.25) is 4.79 Å². The number of aryl methyl sites for hydroxylation is 2. The first-order chi connectivity index (χ1) is 15.1. The average Bonchev–Trinajstić information content (AvgIpc) is 2.81. The van der Waals surface area contributed by atoms with Gasteiger partial charge in [0.2, 0.25) is 5.91 Å². The van der Waals surface area contributed by atoms with E-state index in [1.165, 1.54) is 5.56 Å². The maximum Gasteiger partial charge on any atom is 0.229 e. The summed E-state index contributed by atoms with van der Waals surface area (Å²) in [6.45, 7) is 5.73. The Morgan fingerprint density at radius 1 is 1.13 bits per heavy atom. The molecule has 1 amide bonds. The fourth-order valence-electron chi connectivity index (χ4n) is 3.89. The van der Waals surface area contributed by atoms with Gasteiger partial charge in [-0.25, -0.2) is 9.97 Å². The van der Waals surface area contributed by atoms with Crippen molar-refractivity contribution in [2.24, 2.45) is 5.92 Å². The minimum atomic E-state index is -0.0714. The quantitative estimate of drug-likeness (QED) is 0.569. The first-order valence-electron chi connectivity index (χ1n) is 10.8. The molecule has 2 aromatic carbocycles. The molecule has 1 aromatic heterocycles. The lowest BCUT2D eigenvalue weighted by molar-refractivity contribution is -0.120. The van der Waals surface area contributed by atoms with Crippen molar-refractivity contribution >= 4 is 29.2 Å². The summed E-state index contributed by atoms with van der Waals surface area (Å²) in [4.78, 5) is 25.6. The summed E-state index contributed by atoms with van der Waals surface area (Å²) in [6.07, 6.45) is 6.20. The van der Waals surface area contributed by atoms with Crippen molar-refractivity contribution in [3.05, 3.63) is 72.1 Å². The lowest BCUT2D eigenvalue weighted by Crippen LogP contribution is -2.41. The highest BCUT2D eigenvalue weighted by Crippen LogP contribution is 2.34. The van der Waals surface area contributed by atoms with Gasteiger partial charge in [0.15, 0.2) is 5.82 Å². The molecule has 1 N–H and O–H groups in total. The lowest BCUT2D eigenvalue weighted by Gasteiger charge is -2.33. The molecule has 2 heterocycles. The monoisotopic (exact) mass is 432 g/mol. The summed E-state index contributed by atoms with van der Waals surface area (Å²) in [5.74, 6) is 0.875. The zero-order chi connectivity index (χ0) is 21.6. The molecular formula is C25H28N4OS. The number of piperidine rings is 1. The number of aromatic nitrogens is 2. The van der Waals surface area contributed by atoms with E-state index in [2.05, 4.69) is 64.4 Å². The molecule has 0 saturated carbocycles. The molecule has 1 aliphatic rings. The number of carbonyl (C=O) groups is 1. The van der Waals surface area contributed by atoms with Crippen LogP contribution in [0.25, 0.3) is 0 Å². The summed E-state index contributed by atoms with van der Waals surface area (Å²) in [6, 6.07) is 16.5. The van der Waals surface area contributed by atoms with Crippen LogP contribution >= 0.6 is 11.8 Å². The van der Waals surface area contributed by atoms with Crippen LogP contribution in [0.15, 0.2) is 70.8 Å². The molecule has 1 atom stereocenters. The zero-order valence-corrected chi connectivity index (χ0v) is 18.9. The van der Waals surface area contributed by atoms with Crippen molar-refractivity contribution < 1.29 is 4.79 Å². The Kier molecular flexibility index (Phi) is 6.87. The molecule has 0 spiro atoms. The Hall–Kier alpha value is -2.86. The second kappa shape index (κ2) is 9.96. The van der Waals surface area contributed by atoms with Gasteiger partial charge in [0.25, 0.3) is 0 Å². The average molecular weight is 433 g/mol. The fourth-order valence-corrected chi connectivity index (χ4v) is 4.78. The molecule has 160 valence electrons. The Morgan fingerprint density at radius 3 is 2.71 bits per heavy atom. The minimum Gasteiger partial charge on any atom is -0.354 e. The number of benzene rings is 2. The van der Waals surface area contributed by atoms with E-state index in [4.69, 9.17) is 0 Å². The van der Waals surface area contributed by atoms with Crippen molar-refractivity contribution in [1.29, 1.82) is 0 Å². The van der Waals surface area contributed by atoms with Crippen molar-refractivity contribution in [3.63, 3.8) is 0 Å². The second-order valence-corrected chi connectivity index (χ2v) is 8.95. The third-order valence-corrected chi connectivity index (χ3v) is 6.62. The summed E-state index contributed by atoms with van der Waals surface area (Å²) in [5.41, 5.74) is 3.31. The molecule has 31 heavy (non-hydrogen) atoms. The maximum absolute atomic E-state index is 13.0. The molecule has 1 aliphatic heterocycles. The van der Waals surface area contributed by atoms with Gasteiger partial charge in [0.1, 0.15) is 5.03 Å². The van der Waals surface area contributed by atoms with E-state index in [9.17, 15) is 4.79 Å². The van der Waals surface area contributed by atoms with Crippen LogP contribution in [0.1, 0.15) is 30.9 Å². The number of para-hydroxylation sites is 1. The van der Waals surface area contributed by atoms with Crippen LogP contribution in [0.5, 0.6) is 0 Å². The van der Waals surface area contributed by atoms with Gasteiger partial charge in [0, 0.05) is 36.1 Å². The van der Waals surface area contributed by atoms with Crippen LogP contribution in [-0.4, -0.2) is 29.0 Å². The molecule has 0 radical (unpaired) electrons. The number of rotatable bonds is 6. The summed E-state index contributed by atoms with van der Waals surface area (Å²) < 4.78 is 0. The highest BCUT2D eigenvalue weighted by atomic mass is 32.2. The van der Waals surface area contributed by atoms with Gasteiger partial charge < -0.3 is 10.2 Å². The van der Waals surface area contributed by atoms with Crippen molar-refractivity contribution in [2.75, 3.05) is 23.3 Å². The van der Waals surface area contributed by atoms with Gasteiger partial charge in [-0.1, -0.05) is 54.6 Å². The Morgan fingerprint density at radius 2 is 1.90 bits per heavy atom. The zero-order valence-electron chi connectivity index (χ0n) is 18.0. The lowest BCUT2D eigenvalue weighted by atomic mass is 9.96. The molecular weight excluding hydrogens is 404 g/mol. The van der Waals surface area contributed by atoms with Crippen LogP contribution in [0.4, 0.5) is 11.5 Å². The predicted molar refractivity (Wildman–Crippen MR) is 127 cm³/mol. The number of amides is 1. The first-order valence-corrected chi connectivity index (χ1v) is 11.6. The molecule has 5 nitrogen and oxygen atoms in total. The van der Waals surface area contributed by atoms with Crippen LogP contribution in [0.3, 0.4) is 0 Å². The number of anilines is 2. The van der Waals surface area contributed by atoms with E-state index in [0.717, 1.165) is 52.8 Å². The standard InChI is InChI=1S/C25H28N4OS/c1-3-19-7-4-5-9-22(19)28-24(30)20-8-6-16-29(17-20)23-25(27-15-14-26-23)31-21-12-10-18(2)11-13-21/h4-5,7,9-15,20H,3,6,8,16-17H2,1-2H3,(H,28,30). The summed E-state index contributed by atoms with van der Waals surface area (Å²) in [7, 11) is 0. The van der Waals surface area contributed by atoms with E-state index < -0.39 is 0 Å². The molecule has 1 fully saturated rings. The number of nitrogens with zero attached hydrogens (tertiary/aromatic N) is 3.